The van der Waals surface area contributed by atoms with Gasteiger partial charge in [-0.15, -0.1) is 0 Å². The number of ether oxygens (including phenoxy) is 2. The smallest absolute Gasteiger partial charge is 0.272 e. The minimum atomic E-state index is -0.546. The van der Waals surface area contributed by atoms with Crippen LogP contribution in [-0.2, 0) is 6.61 Å². The van der Waals surface area contributed by atoms with Crippen LogP contribution in [-0.4, -0.2) is 28.0 Å². The molecule has 0 aliphatic rings. The number of hydrogen-bond donors (Lipinski definition) is 3. The number of nitrogen functional groups attached to an aromatic ring is 1. The lowest BCUT2D eigenvalue weighted by atomic mass is 10.2. The number of nitrogens with two attached hydrogens (primary N) is 1. The molecular weight excluding hydrogens is 350 g/mol. The first-order chi connectivity index (χ1) is 13.1. The number of aromatic amines is 1. The van der Waals surface area contributed by atoms with Crippen LogP contribution in [0.1, 0.15) is 16.1 Å². The Hall–Kier alpha value is -3.88. The van der Waals surface area contributed by atoms with E-state index in [1.807, 2.05) is 12.1 Å². The Morgan fingerprint density at radius 3 is 2.74 bits per heavy atom. The van der Waals surface area contributed by atoms with E-state index >= 15 is 0 Å². The summed E-state index contributed by atoms with van der Waals surface area (Å²) in [4.78, 5) is 34.7. The summed E-state index contributed by atoms with van der Waals surface area (Å²) < 4.78 is 10.6. The number of nitrogens with one attached hydrogen (secondary N) is 2. The summed E-state index contributed by atoms with van der Waals surface area (Å²) in [5.41, 5.74) is 6.40. The molecule has 0 unspecified atom stereocenters. The first kappa shape index (κ1) is 17.9. The highest BCUT2D eigenvalue weighted by molar-refractivity contribution is 6.04. The third-order valence-corrected chi connectivity index (χ3v) is 3.67. The fraction of sp³-hybridized carbons (Fsp3) is 0.111. The number of aromatic nitrogens is 3. The second kappa shape index (κ2) is 8.00. The van der Waals surface area contributed by atoms with Gasteiger partial charge in [0.05, 0.1) is 13.3 Å². The van der Waals surface area contributed by atoms with Crippen LogP contribution in [0.15, 0.2) is 53.8 Å². The second-order valence-electron chi connectivity index (χ2n) is 5.49. The number of carbonyl (C=O) groups excluding carboxylic acids is 1. The van der Waals surface area contributed by atoms with E-state index in [2.05, 4.69) is 20.3 Å². The largest absolute Gasteiger partial charge is 0.497 e. The molecule has 9 heteroatoms. The number of anilines is 2. The molecule has 138 valence electrons. The molecule has 0 radical (unpaired) electrons. The highest BCUT2D eigenvalue weighted by Gasteiger charge is 2.12. The third-order valence-electron chi connectivity index (χ3n) is 3.67. The maximum Gasteiger partial charge on any atom is 0.272 e. The van der Waals surface area contributed by atoms with Crippen LogP contribution in [0.2, 0.25) is 0 Å². The molecule has 1 aromatic carbocycles. The van der Waals surface area contributed by atoms with Gasteiger partial charge in [-0.2, -0.15) is 0 Å². The fourth-order valence-electron chi connectivity index (χ4n) is 2.21. The third kappa shape index (κ3) is 4.40. The molecular formula is C18H17N5O4. The Kier molecular flexibility index (Phi) is 5.31. The summed E-state index contributed by atoms with van der Waals surface area (Å²) in [5.74, 6) is 0.414. The van der Waals surface area contributed by atoms with E-state index in [1.165, 1.54) is 18.7 Å². The van der Waals surface area contributed by atoms with E-state index in [4.69, 9.17) is 15.2 Å². The molecule has 27 heavy (non-hydrogen) atoms. The van der Waals surface area contributed by atoms with Gasteiger partial charge in [-0.1, -0.05) is 12.1 Å². The number of H-pyrrole nitrogens is 1. The van der Waals surface area contributed by atoms with E-state index in [1.54, 1.807) is 19.2 Å². The molecule has 0 spiro atoms. The number of rotatable bonds is 6. The van der Waals surface area contributed by atoms with Crippen molar-refractivity contribution in [2.24, 2.45) is 0 Å². The Balaban J connectivity index is 1.67. The van der Waals surface area contributed by atoms with Gasteiger partial charge in [0.2, 0.25) is 5.43 Å². The monoisotopic (exact) mass is 367 g/mol. The molecule has 2 aromatic heterocycles. The van der Waals surface area contributed by atoms with Crippen molar-refractivity contribution in [1.82, 2.24) is 15.0 Å². The van der Waals surface area contributed by atoms with Gasteiger partial charge in [0.15, 0.2) is 11.6 Å². The summed E-state index contributed by atoms with van der Waals surface area (Å²) in [6.07, 6.45) is 3.97. The van der Waals surface area contributed by atoms with Crippen molar-refractivity contribution in [2.45, 2.75) is 6.61 Å². The van der Waals surface area contributed by atoms with Gasteiger partial charge < -0.3 is 25.5 Å². The quantitative estimate of drug-likeness (QED) is 0.602. The predicted molar refractivity (Wildman–Crippen MR) is 98.8 cm³/mol. The number of hydrogen-bond acceptors (Lipinski definition) is 7. The van der Waals surface area contributed by atoms with Crippen LogP contribution < -0.4 is 26.0 Å². The molecule has 0 saturated carbocycles. The fourth-order valence-corrected chi connectivity index (χ4v) is 2.21. The molecule has 0 atom stereocenters. The molecule has 1 amide bonds. The molecule has 2 heterocycles. The number of methoxy groups -OCH3 is 1. The lowest BCUT2D eigenvalue weighted by Gasteiger charge is -2.09. The number of nitrogens with zero attached hydrogens (tertiary/aromatic N) is 2. The van der Waals surface area contributed by atoms with Crippen molar-refractivity contribution < 1.29 is 14.3 Å². The SMILES string of the molecule is COc1ccc(COc2c[nH]c(C(=O)Nc3cncnc3N)cc2=O)cc1. The van der Waals surface area contributed by atoms with Crippen LogP contribution in [0.3, 0.4) is 0 Å². The Morgan fingerprint density at radius 1 is 1.30 bits per heavy atom. The number of benzene rings is 1. The summed E-state index contributed by atoms with van der Waals surface area (Å²) >= 11 is 0. The molecule has 0 aliphatic carbocycles. The van der Waals surface area contributed by atoms with Gasteiger partial charge in [-0.3, -0.25) is 9.59 Å². The van der Waals surface area contributed by atoms with Crippen LogP contribution in [0.4, 0.5) is 11.5 Å². The molecule has 9 nitrogen and oxygen atoms in total. The van der Waals surface area contributed by atoms with Crippen molar-refractivity contribution in [3.05, 3.63) is 70.5 Å². The lowest BCUT2D eigenvalue weighted by Crippen LogP contribution is -2.18. The van der Waals surface area contributed by atoms with Gasteiger partial charge in [0.25, 0.3) is 5.91 Å². The van der Waals surface area contributed by atoms with Gasteiger partial charge >= 0.3 is 0 Å². The van der Waals surface area contributed by atoms with E-state index in [0.29, 0.717) is 0 Å². The Bertz CT molecular complexity index is 1000. The number of amides is 1. The molecule has 0 saturated heterocycles. The van der Waals surface area contributed by atoms with Crippen molar-refractivity contribution in [3.8, 4) is 11.5 Å². The van der Waals surface area contributed by atoms with Crippen molar-refractivity contribution >= 4 is 17.4 Å². The predicted octanol–water partition coefficient (Wildman–Crippen LogP) is 1.59. The first-order valence-electron chi connectivity index (χ1n) is 7.92. The van der Waals surface area contributed by atoms with Crippen molar-refractivity contribution in [3.63, 3.8) is 0 Å². The van der Waals surface area contributed by atoms with Gasteiger partial charge in [-0.05, 0) is 17.7 Å². The highest BCUT2D eigenvalue weighted by atomic mass is 16.5. The van der Waals surface area contributed by atoms with Gasteiger partial charge in [0, 0.05) is 12.3 Å². The Morgan fingerprint density at radius 2 is 2.07 bits per heavy atom. The molecule has 3 rings (SSSR count). The number of pyridine rings is 1. The normalized spacial score (nSPS) is 10.3. The summed E-state index contributed by atoms with van der Waals surface area (Å²) in [6.45, 7) is 0.205. The van der Waals surface area contributed by atoms with E-state index in [-0.39, 0.29) is 29.6 Å². The first-order valence-corrected chi connectivity index (χ1v) is 7.92. The summed E-state index contributed by atoms with van der Waals surface area (Å²) in [6, 6.07) is 8.42. The van der Waals surface area contributed by atoms with E-state index < -0.39 is 11.3 Å². The summed E-state index contributed by atoms with van der Waals surface area (Å²) in [5, 5.41) is 2.53. The van der Waals surface area contributed by atoms with E-state index in [0.717, 1.165) is 17.4 Å². The number of carbonyl (C=O) groups is 1. The van der Waals surface area contributed by atoms with Crippen LogP contribution in [0, 0.1) is 0 Å². The summed E-state index contributed by atoms with van der Waals surface area (Å²) in [7, 11) is 1.59. The van der Waals surface area contributed by atoms with Gasteiger partial charge in [0.1, 0.15) is 30.1 Å². The van der Waals surface area contributed by atoms with Crippen LogP contribution in [0.5, 0.6) is 11.5 Å². The average molecular weight is 367 g/mol. The minimum Gasteiger partial charge on any atom is -0.497 e. The van der Waals surface area contributed by atoms with E-state index in [9.17, 15) is 9.59 Å². The molecule has 3 aromatic rings. The highest BCUT2D eigenvalue weighted by Crippen LogP contribution is 2.15. The maximum absolute atomic E-state index is 12.2. The standard InChI is InChI=1S/C18H17N5O4/c1-26-12-4-2-11(3-5-12)9-27-16-8-21-13(6-15(16)24)18(25)23-14-7-20-10-22-17(14)19/h2-8,10H,9H2,1H3,(H,21,24)(H,23,25)(H2,19,20,22). The van der Waals surface area contributed by atoms with Crippen LogP contribution in [0.25, 0.3) is 0 Å². The second-order valence-corrected chi connectivity index (χ2v) is 5.49. The Labute approximate surface area is 154 Å². The molecule has 0 aliphatic heterocycles. The van der Waals surface area contributed by atoms with Crippen molar-refractivity contribution in [2.75, 3.05) is 18.2 Å². The van der Waals surface area contributed by atoms with Crippen LogP contribution >= 0.6 is 0 Å². The maximum atomic E-state index is 12.2. The topological polar surface area (TPSA) is 132 Å². The minimum absolute atomic E-state index is 0.0556. The molecule has 0 bridgehead atoms. The zero-order chi connectivity index (χ0) is 19.2. The lowest BCUT2D eigenvalue weighted by molar-refractivity contribution is 0.102. The van der Waals surface area contributed by atoms with Crippen molar-refractivity contribution in [1.29, 1.82) is 0 Å². The molecule has 4 N–H and O–H groups in total. The average Bonchev–Trinajstić information content (AvgIpc) is 2.69. The molecule has 0 fully saturated rings. The van der Waals surface area contributed by atoms with Gasteiger partial charge in [-0.25, -0.2) is 9.97 Å². The zero-order valence-electron chi connectivity index (χ0n) is 14.4. The zero-order valence-corrected chi connectivity index (χ0v) is 14.4.